The summed E-state index contributed by atoms with van der Waals surface area (Å²) < 4.78 is 39.2. The van der Waals surface area contributed by atoms with E-state index in [2.05, 4.69) is 10.2 Å². The summed E-state index contributed by atoms with van der Waals surface area (Å²) in [6.07, 6.45) is 0. The van der Waals surface area contributed by atoms with Gasteiger partial charge in [-0.05, 0) is 18.2 Å². The Morgan fingerprint density at radius 1 is 1.38 bits per heavy atom. The topological polar surface area (TPSA) is 52.6 Å². The van der Waals surface area contributed by atoms with Gasteiger partial charge < -0.3 is 5.32 Å². The van der Waals surface area contributed by atoms with Gasteiger partial charge in [0.05, 0.1) is 9.92 Å². The molecule has 0 unspecified atom stereocenters. The third kappa shape index (κ3) is 4.14. The van der Waals surface area contributed by atoms with E-state index in [-0.39, 0.29) is 9.92 Å². The van der Waals surface area contributed by atoms with Crippen molar-refractivity contribution in [2.45, 2.75) is 4.90 Å². The Morgan fingerprint density at radius 3 is 2.67 bits per heavy atom. The van der Waals surface area contributed by atoms with Crippen LogP contribution in [0.2, 0.25) is 5.02 Å². The van der Waals surface area contributed by atoms with Gasteiger partial charge in [0, 0.05) is 46.3 Å². The molecule has 1 aliphatic rings. The molecule has 118 valence electrons. The fourth-order valence-corrected chi connectivity index (χ4v) is 3.59. The minimum absolute atomic E-state index is 0.0108. The Labute approximate surface area is 129 Å². The summed E-state index contributed by atoms with van der Waals surface area (Å²) in [7, 11) is -2.12. The van der Waals surface area contributed by atoms with Crippen LogP contribution >= 0.6 is 11.6 Å². The van der Waals surface area contributed by atoms with Crippen LogP contribution in [0.25, 0.3) is 0 Å². The summed E-state index contributed by atoms with van der Waals surface area (Å²) in [5.74, 6) is -0.626. The van der Waals surface area contributed by atoms with E-state index in [9.17, 15) is 12.8 Å². The quantitative estimate of drug-likeness (QED) is 0.872. The fraction of sp³-hybridized carbons (Fsp3) is 0.538. The number of sulfonamides is 1. The van der Waals surface area contributed by atoms with Crippen molar-refractivity contribution in [1.82, 2.24) is 14.5 Å². The van der Waals surface area contributed by atoms with Crippen molar-refractivity contribution < 1.29 is 12.8 Å². The van der Waals surface area contributed by atoms with E-state index in [0.717, 1.165) is 38.3 Å². The molecule has 0 saturated carbocycles. The highest BCUT2D eigenvalue weighted by Gasteiger charge is 2.22. The number of hydrogen-bond donors (Lipinski definition) is 1. The highest BCUT2D eigenvalue weighted by molar-refractivity contribution is 7.89. The first-order chi connectivity index (χ1) is 9.91. The number of nitrogens with one attached hydrogen (secondary N) is 1. The number of rotatable bonds is 5. The Morgan fingerprint density at radius 2 is 2.05 bits per heavy atom. The Bertz CT molecular complexity index is 591. The minimum atomic E-state index is -3.64. The zero-order valence-corrected chi connectivity index (χ0v) is 13.4. The van der Waals surface area contributed by atoms with Gasteiger partial charge in [-0.15, -0.1) is 0 Å². The van der Waals surface area contributed by atoms with Crippen LogP contribution in [0.5, 0.6) is 0 Å². The predicted octanol–water partition coefficient (Wildman–Crippen LogP) is 1.00. The number of hydrogen-bond acceptors (Lipinski definition) is 4. The Balaban J connectivity index is 2.02. The molecule has 5 nitrogen and oxygen atoms in total. The molecular weight excluding hydrogens is 317 g/mol. The standard InChI is InChI=1S/C13H19ClFN3O2S/c1-17(8-9-18-6-4-16-5-7-18)21(19,20)11-2-3-13(15)12(14)10-11/h2-3,10,16H,4-9H2,1H3. The average molecular weight is 336 g/mol. The second-order valence-electron chi connectivity index (χ2n) is 4.99. The van der Waals surface area contributed by atoms with Crippen LogP contribution < -0.4 is 5.32 Å². The maximum absolute atomic E-state index is 13.1. The predicted molar refractivity (Wildman–Crippen MR) is 80.5 cm³/mol. The summed E-state index contributed by atoms with van der Waals surface area (Å²) in [6.45, 7) is 4.73. The molecule has 0 radical (unpaired) electrons. The molecule has 2 rings (SSSR count). The molecule has 1 aromatic carbocycles. The van der Waals surface area contributed by atoms with E-state index < -0.39 is 15.8 Å². The summed E-state index contributed by atoms with van der Waals surface area (Å²) in [5.41, 5.74) is 0. The van der Waals surface area contributed by atoms with Crippen molar-refractivity contribution in [3.05, 3.63) is 29.0 Å². The van der Waals surface area contributed by atoms with Crippen molar-refractivity contribution in [2.75, 3.05) is 46.3 Å². The maximum Gasteiger partial charge on any atom is 0.242 e. The summed E-state index contributed by atoms with van der Waals surface area (Å²) in [5, 5.41) is 3.06. The molecule has 0 atom stereocenters. The normalized spacial score (nSPS) is 17.3. The van der Waals surface area contributed by atoms with Gasteiger partial charge in [-0.25, -0.2) is 12.8 Å². The van der Waals surface area contributed by atoms with Crippen LogP contribution in [0.3, 0.4) is 0 Å². The van der Waals surface area contributed by atoms with Crippen LogP contribution in [0.4, 0.5) is 4.39 Å². The molecule has 1 N–H and O–H groups in total. The summed E-state index contributed by atoms with van der Waals surface area (Å²) in [6, 6.07) is 3.45. The Kier molecular flexibility index (Phi) is 5.56. The number of likely N-dealkylation sites (N-methyl/N-ethyl adjacent to an activating group) is 1. The molecule has 0 amide bonds. The third-order valence-electron chi connectivity index (χ3n) is 3.54. The zero-order valence-electron chi connectivity index (χ0n) is 11.8. The molecular formula is C13H19ClFN3O2S. The average Bonchev–Trinajstić information content (AvgIpc) is 2.48. The molecule has 1 saturated heterocycles. The molecule has 1 heterocycles. The zero-order chi connectivity index (χ0) is 15.5. The summed E-state index contributed by atoms with van der Waals surface area (Å²) >= 11 is 5.65. The van der Waals surface area contributed by atoms with Gasteiger partial charge in [-0.2, -0.15) is 4.31 Å². The van der Waals surface area contributed by atoms with E-state index >= 15 is 0 Å². The molecule has 21 heavy (non-hydrogen) atoms. The van der Waals surface area contributed by atoms with Gasteiger partial charge in [0.25, 0.3) is 0 Å². The van der Waals surface area contributed by atoms with Crippen LogP contribution in [-0.2, 0) is 10.0 Å². The molecule has 1 fully saturated rings. The summed E-state index contributed by atoms with van der Waals surface area (Å²) in [4.78, 5) is 2.22. The lowest BCUT2D eigenvalue weighted by atomic mass is 10.3. The molecule has 0 aromatic heterocycles. The molecule has 8 heteroatoms. The Hall–Kier alpha value is -0.730. The minimum Gasteiger partial charge on any atom is -0.314 e. The lowest BCUT2D eigenvalue weighted by Crippen LogP contribution is -2.46. The molecule has 1 aliphatic heterocycles. The van der Waals surface area contributed by atoms with Crippen molar-refractivity contribution in [1.29, 1.82) is 0 Å². The van der Waals surface area contributed by atoms with Crippen LogP contribution in [-0.4, -0.2) is 63.9 Å². The van der Waals surface area contributed by atoms with Gasteiger partial charge in [-0.1, -0.05) is 11.6 Å². The van der Waals surface area contributed by atoms with Crippen LogP contribution in [0.15, 0.2) is 23.1 Å². The van der Waals surface area contributed by atoms with E-state index in [1.807, 2.05) is 0 Å². The van der Waals surface area contributed by atoms with Gasteiger partial charge in [0.1, 0.15) is 5.82 Å². The van der Waals surface area contributed by atoms with E-state index in [1.165, 1.54) is 17.4 Å². The first kappa shape index (κ1) is 16.6. The van der Waals surface area contributed by atoms with E-state index in [4.69, 9.17) is 11.6 Å². The van der Waals surface area contributed by atoms with Gasteiger partial charge >= 0.3 is 0 Å². The lowest BCUT2D eigenvalue weighted by molar-refractivity contribution is 0.229. The SMILES string of the molecule is CN(CCN1CCNCC1)S(=O)(=O)c1ccc(F)c(Cl)c1. The maximum atomic E-state index is 13.1. The van der Waals surface area contributed by atoms with Gasteiger partial charge in [0.2, 0.25) is 10.0 Å². The van der Waals surface area contributed by atoms with E-state index in [0.29, 0.717) is 13.1 Å². The van der Waals surface area contributed by atoms with E-state index in [1.54, 1.807) is 0 Å². The number of benzene rings is 1. The fourth-order valence-electron chi connectivity index (χ4n) is 2.15. The second-order valence-corrected chi connectivity index (χ2v) is 7.45. The second kappa shape index (κ2) is 7.02. The number of nitrogens with zero attached hydrogens (tertiary/aromatic N) is 2. The van der Waals surface area contributed by atoms with Crippen molar-refractivity contribution in [2.24, 2.45) is 0 Å². The monoisotopic (exact) mass is 335 g/mol. The molecule has 1 aromatic rings. The van der Waals surface area contributed by atoms with Crippen molar-refractivity contribution in [3.63, 3.8) is 0 Å². The smallest absolute Gasteiger partial charge is 0.242 e. The molecule has 0 spiro atoms. The first-order valence-corrected chi connectivity index (χ1v) is 8.57. The first-order valence-electron chi connectivity index (χ1n) is 6.76. The van der Waals surface area contributed by atoms with Gasteiger partial charge in [0.15, 0.2) is 0 Å². The third-order valence-corrected chi connectivity index (χ3v) is 5.68. The molecule has 0 bridgehead atoms. The number of piperazine rings is 1. The highest BCUT2D eigenvalue weighted by atomic mass is 35.5. The number of halogens is 2. The van der Waals surface area contributed by atoms with Gasteiger partial charge in [-0.3, -0.25) is 4.90 Å². The largest absolute Gasteiger partial charge is 0.314 e. The van der Waals surface area contributed by atoms with Crippen molar-refractivity contribution >= 4 is 21.6 Å². The highest BCUT2D eigenvalue weighted by Crippen LogP contribution is 2.21. The lowest BCUT2D eigenvalue weighted by Gasteiger charge is -2.28. The van der Waals surface area contributed by atoms with Crippen LogP contribution in [0, 0.1) is 5.82 Å². The van der Waals surface area contributed by atoms with Crippen LogP contribution in [0.1, 0.15) is 0 Å². The van der Waals surface area contributed by atoms with Crippen molar-refractivity contribution in [3.8, 4) is 0 Å². The molecule has 0 aliphatic carbocycles.